The van der Waals surface area contributed by atoms with Gasteiger partial charge in [-0.1, -0.05) is 54.8 Å². The van der Waals surface area contributed by atoms with Gasteiger partial charge in [-0.05, 0) is 12.8 Å². The van der Waals surface area contributed by atoms with Crippen LogP contribution < -0.4 is 0 Å². The third-order valence-electron chi connectivity index (χ3n) is 5.16. The summed E-state index contributed by atoms with van der Waals surface area (Å²) in [6, 6.07) is 12.1. The highest BCUT2D eigenvalue weighted by Crippen LogP contribution is 2.27. The van der Waals surface area contributed by atoms with E-state index >= 15 is 0 Å². The lowest BCUT2D eigenvalue weighted by molar-refractivity contribution is 0.0585. The van der Waals surface area contributed by atoms with Gasteiger partial charge in [0.2, 0.25) is 0 Å². The summed E-state index contributed by atoms with van der Waals surface area (Å²) >= 11 is 0. The SMILES string of the molecule is Cn1cnc(C(=O)N(Cc2cc(-c3ccccc3)no2)C2CCCCC2)c1. The van der Waals surface area contributed by atoms with Crippen LogP contribution in [0.4, 0.5) is 0 Å². The van der Waals surface area contributed by atoms with Crippen LogP contribution in [0.25, 0.3) is 11.3 Å². The fourth-order valence-electron chi connectivity index (χ4n) is 3.73. The van der Waals surface area contributed by atoms with Gasteiger partial charge in [-0.2, -0.15) is 0 Å². The average molecular weight is 364 g/mol. The molecule has 2 heterocycles. The predicted octanol–water partition coefficient (Wildman–Crippen LogP) is 4.05. The van der Waals surface area contributed by atoms with Crippen LogP contribution in [0.2, 0.25) is 0 Å². The van der Waals surface area contributed by atoms with E-state index in [1.54, 1.807) is 17.1 Å². The maximum atomic E-state index is 13.1. The van der Waals surface area contributed by atoms with E-state index in [9.17, 15) is 4.79 Å². The van der Waals surface area contributed by atoms with Gasteiger partial charge in [-0.15, -0.1) is 0 Å². The van der Waals surface area contributed by atoms with E-state index in [-0.39, 0.29) is 11.9 Å². The summed E-state index contributed by atoms with van der Waals surface area (Å²) in [6.45, 7) is 0.417. The summed E-state index contributed by atoms with van der Waals surface area (Å²) in [5.41, 5.74) is 2.28. The fraction of sp³-hybridized carbons (Fsp3) is 0.381. The summed E-state index contributed by atoms with van der Waals surface area (Å²) < 4.78 is 7.36. The summed E-state index contributed by atoms with van der Waals surface area (Å²) in [5, 5.41) is 4.19. The molecule has 1 aromatic carbocycles. The minimum absolute atomic E-state index is 0.0415. The molecule has 1 aliphatic rings. The van der Waals surface area contributed by atoms with Gasteiger partial charge in [0, 0.05) is 30.9 Å². The van der Waals surface area contributed by atoms with Gasteiger partial charge in [0.15, 0.2) is 5.76 Å². The van der Waals surface area contributed by atoms with Gasteiger partial charge in [0.1, 0.15) is 11.4 Å². The second kappa shape index (κ2) is 7.78. The monoisotopic (exact) mass is 364 g/mol. The molecule has 6 heteroatoms. The number of nitrogens with zero attached hydrogens (tertiary/aromatic N) is 4. The lowest BCUT2D eigenvalue weighted by atomic mass is 9.94. The van der Waals surface area contributed by atoms with E-state index in [1.165, 1.54) is 6.42 Å². The summed E-state index contributed by atoms with van der Waals surface area (Å²) in [6.07, 6.45) is 9.03. The molecular formula is C21H24N4O2. The molecule has 1 amide bonds. The molecule has 2 aromatic heterocycles. The molecular weight excluding hydrogens is 340 g/mol. The Balaban J connectivity index is 1.57. The van der Waals surface area contributed by atoms with E-state index in [0.29, 0.717) is 18.0 Å². The molecule has 3 aromatic rings. The van der Waals surface area contributed by atoms with Crippen molar-refractivity contribution in [2.45, 2.75) is 44.7 Å². The van der Waals surface area contributed by atoms with Crippen molar-refractivity contribution in [2.24, 2.45) is 7.05 Å². The number of amides is 1. The first kappa shape index (κ1) is 17.5. The molecule has 140 valence electrons. The lowest BCUT2D eigenvalue weighted by Crippen LogP contribution is -2.41. The number of aromatic nitrogens is 3. The van der Waals surface area contributed by atoms with Crippen molar-refractivity contribution in [1.82, 2.24) is 19.6 Å². The van der Waals surface area contributed by atoms with Gasteiger partial charge in [0.25, 0.3) is 5.91 Å². The van der Waals surface area contributed by atoms with Gasteiger partial charge in [-0.3, -0.25) is 4.79 Å². The molecule has 1 fully saturated rings. The second-order valence-electron chi connectivity index (χ2n) is 7.19. The Kier molecular flexibility index (Phi) is 5.05. The van der Waals surface area contributed by atoms with E-state index in [2.05, 4.69) is 10.1 Å². The van der Waals surface area contributed by atoms with Crippen molar-refractivity contribution in [2.75, 3.05) is 0 Å². The Labute approximate surface area is 158 Å². The number of imidazole rings is 1. The first-order valence-electron chi connectivity index (χ1n) is 9.50. The van der Waals surface area contributed by atoms with Crippen molar-refractivity contribution in [3.05, 3.63) is 60.4 Å². The molecule has 0 unspecified atom stereocenters. The Bertz CT molecular complexity index is 894. The molecule has 0 spiro atoms. The molecule has 0 bridgehead atoms. The number of hydrogen-bond acceptors (Lipinski definition) is 4. The third-order valence-corrected chi connectivity index (χ3v) is 5.16. The van der Waals surface area contributed by atoms with Gasteiger partial charge in [-0.25, -0.2) is 4.98 Å². The highest BCUT2D eigenvalue weighted by molar-refractivity contribution is 5.92. The van der Waals surface area contributed by atoms with Crippen LogP contribution in [0.3, 0.4) is 0 Å². The quantitative estimate of drug-likeness (QED) is 0.685. The molecule has 0 radical (unpaired) electrons. The first-order chi connectivity index (χ1) is 13.2. The Morgan fingerprint density at radius 1 is 1.22 bits per heavy atom. The molecule has 27 heavy (non-hydrogen) atoms. The van der Waals surface area contributed by atoms with Crippen LogP contribution in [-0.2, 0) is 13.6 Å². The van der Waals surface area contributed by atoms with Gasteiger partial charge in [0.05, 0.1) is 12.9 Å². The van der Waals surface area contributed by atoms with Crippen LogP contribution in [0.5, 0.6) is 0 Å². The van der Waals surface area contributed by atoms with E-state index in [1.807, 2.05) is 48.3 Å². The number of hydrogen-bond donors (Lipinski definition) is 0. The first-order valence-corrected chi connectivity index (χ1v) is 9.50. The number of aryl methyl sites for hydroxylation is 1. The maximum absolute atomic E-state index is 13.1. The largest absolute Gasteiger partial charge is 0.359 e. The smallest absolute Gasteiger partial charge is 0.274 e. The van der Waals surface area contributed by atoms with Crippen molar-refractivity contribution in [3.63, 3.8) is 0 Å². The molecule has 6 nitrogen and oxygen atoms in total. The number of rotatable bonds is 5. The summed E-state index contributed by atoms with van der Waals surface area (Å²) in [5.74, 6) is 0.656. The Morgan fingerprint density at radius 3 is 2.70 bits per heavy atom. The average Bonchev–Trinajstić information content (AvgIpc) is 3.36. The van der Waals surface area contributed by atoms with Crippen molar-refractivity contribution >= 4 is 5.91 Å². The molecule has 1 saturated carbocycles. The molecule has 0 atom stereocenters. The summed E-state index contributed by atoms with van der Waals surface area (Å²) in [7, 11) is 1.87. The Hall–Kier alpha value is -2.89. The third kappa shape index (κ3) is 3.94. The van der Waals surface area contributed by atoms with Crippen LogP contribution >= 0.6 is 0 Å². The van der Waals surface area contributed by atoms with Gasteiger partial charge >= 0.3 is 0 Å². The van der Waals surface area contributed by atoms with E-state index in [4.69, 9.17) is 4.52 Å². The molecule has 0 aliphatic heterocycles. The minimum Gasteiger partial charge on any atom is -0.359 e. The van der Waals surface area contributed by atoms with Crippen molar-refractivity contribution in [1.29, 1.82) is 0 Å². The second-order valence-corrected chi connectivity index (χ2v) is 7.19. The molecule has 4 rings (SSSR count). The zero-order valence-corrected chi connectivity index (χ0v) is 15.5. The van der Waals surface area contributed by atoms with Crippen LogP contribution in [0.1, 0.15) is 48.4 Å². The minimum atomic E-state index is -0.0415. The van der Waals surface area contributed by atoms with Crippen molar-refractivity contribution in [3.8, 4) is 11.3 Å². The fourth-order valence-corrected chi connectivity index (χ4v) is 3.73. The van der Waals surface area contributed by atoms with E-state index < -0.39 is 0 Å². The number of carbonyl (C=O) groups is 1. The molecule has 0 saturated heterocycles. The van der Waals surface area contributed by atoms with Crippen molar-refractivity contribution < 1.29 is 9.32 Å². The maximum Gasteiger partial charge on any atom is 0.274 e. The topological polar surface area (TPSA) is 64.2 Å². The highest BCUT2D eigenvalue weighted by Gasteiger charge is 2.28. The van der Waals surface area contributed by atoms with E-state index in [0.717, 1.165) is 36.9 Å². The summed E-state index contributed by atoms with van der Waals surface area (Å²) in [4.78, 5) is 19.3. The normalized spacial score (nSPS) is 15.0. The van der Waals surface area contributed by atoms with Crippen LogP contribution in [0.15, 0.2) is 53.4 Å². The Morgan fingerprint density at radius 2 is 2.00 bits per heavy atom. The number of carbonyl (C=O) groups excluding carboxylic acids is 1. The predicted molar refractivity (Wildman–Crippen MR) is 102 cm³/mol. The standard InChI is InChI=1S/C21H24N4O2/c1-24-14-20(22-15-24)21(26)25(17-10-6-3-7-11-17)13-18-12-19(23-27-18)16-8-4-2-5-9-16/h2,4-5,8-9,12,14-15,17H,3,6-7,10-11,13H2,1H3. The van der Waals surface area contributed by atoms with Crippen LogP contribution in [0, 0.1) is 0 Å². The zero-order chi connectivity index (χ0) is 18.6. The van der Waals surface area contributed by atoms with Gasteiger partial charge < -0.3 is 14.0 Å². The number of benzene rings is 1. The highest BCUT2D eigenvalue weighted by atomic mass is 16.5. The molecule has 0 N–H and O–H groups in total. The zero-order valence-electron chi connectivity index (χ0n) is 15.5. The van der Waals surface area contributed by atoms with Crippen LogP contribution in [-0.4, -0.2) is 31.6 Å². The molecule has 1 aliphatic carbocycles. The lowest BCUT2D eigenvalue weighted by Gasteiger charge is -2.33.